The summed E-state index contributed by atoms with van der Waals surface area (Å²) in [5.41, 5.74) is 0.385. The topological polar surface area (TPSA) is 41.5 Å². The molecule has 118 valence electrons. The van der Waals surface area contributed by atoms with Gasteiger partial charge in [0.2, 0.25) is 0 Å². The average molecular weight is 321 g/mol. The average Bonchev–Trinajstić information content (AvgIpc) is 2.97. The molecule has 3 nitrogen and oxygen atoms in total. The fourth-order valence-corrected chi connectivity index (χ4v) is 3.57. The third kappa shape index (κ3) is 3.93. The van der Waals surface area contributed by atoms with Gasteiger partial charge in [0.1, 0.15) is 5.82 Å². The second-order valence-corrected chi connectivity index (χ2v) is 6.88. The Labute approximate surface area is 133 Å². The van der Waals surface area contributed by atoms with Crippen molar-refractivity contribution < 1.29 is 14.2 Å². The molecule has 0 saturated carbocycles. The smallest absolute Gasteiger partial charge is 0.123 e. The number of benzene rings is 1. The van der Waals surface area contributed by atoms with Gasteiger partial charge >= 0.3 is 0 Å². The van der Waals surface area contributed by atoms with Crippen LogP contribution < -0.4 is 5.32 Å². The van der Waals surface area contributed by atoms with E-state index in [0.29, 0.717) is 32.6 Å². The van der Waals surface area contributed by atoms with Gasteiger partial charge in [0.15, 0.2) is 0 Å². The molecule has 1 aromatic heterocycles. The van der Waals surface area contributed by atoms with E-state index in [9.17, 15) is 9.50 Å². The van der Waals surface area contributed by atoms with Crippen LogP contribution in [0.1, 0.15) is 17.7 Å². The zero-order valence-corrected chi connectivity index (χ0v) is 13.2. The summed E-state index contributed by atoms with van der Waals surface area (Å²) in [5, 5.41) is 13.7. The lowest BCUT2D eigenvalue weighted by atomic mass is 9.94. The molecular formula is C17H20FNO2S. The molecule has 1 aliphatic heterocycles. The van der Waals surface area contributed by atoms with Crippen molar-refractivity contribution in [2.75, 3.05) is 19.8 Å². The largest absolute Gasteiger partial charge is 0.388 e. The van der Waals surface area contributed by atoms with Crippen molar-refractivity contribution in [1.29, 1.82) is 0 Å². The maximum atomic E-state index is 12.9. The van der Waals surface area contributed by atoms with Crippen molar-refractivity contribution in [2.45, 2.75) is 25.0 Å². The van der Waals surface area contributed by atoms with E-state index in [1.165, 1.54) is 17.0 Å². The molecule has 2 aromatic rings. The second kappa shape index (κ2) is 6.87. The second-order valence-electron chi connectivity index (χ2n) is 5.71. The number of aliphatic hydroxyl groups is 1. The summed E-state index contributed by atoms with van der Waals surface area (Å²) in [6.07, 6.45) is 1.37. The van der Waals surface area contributed by atoms with E-state index in [1.807, 2.05) is 0 Å². The minimum absolute atomic E-state index is 0.216. The van der Waals surface area contributed by atoms with Crippen LogP contribution in [-0.2, 0) is 11.3 Å². The molecule has 0 amide bonds. The number of hydrogen-bond donors (Lipinski definition) is 2. The predicted molar refractivity (Wildman–Crippen MR) is 86.4 cm³/mol. The van der Waals surface area contributed by atoms with Crippen LogP contribution in [0.15, 0.2) is 36.4 Å². The molecule has 0 spiro atoms. The standard InChI is InChI=1S/C17H20FNO2S/c18-14-3-1-13(2-4-14)16-6-5-15(22-16)11-19-12-17(20)7-9-21-10-8-17/h1-6,19-20H,7-12H2. The molecule has 1 saturated heterocycles. The van der Waals surface area contributed by atoms with Gasteiger partial charge in [-0.25, -0.2) is 4.39 Å². The summed E-state index contributed by atoms with van der Waals surface area (Å²) in [6.45, 7) is 2.58. The molecule has 5 heteroatoms. The highest BCUT2D eigenvalue weighted by Gasteiger charge is 2.29. The van der Waals surface area contributed by atoms with Gasteiger partial charge in [0.05, 0.1) is 5.60 Å². The van der Waals surface area contributed by atoms with Crippen molar-refractivity contribution in [2.24, 2.45) is 0 Å². The number of halogens is 1. The number of ether oxygens (including phenoxy) is 1. The molecular weight excluding hydrogens is 301 g/mol. The van der Waals surface area contributed by atoms with Gasteiger partial charge in [-0.2, -0.15) is 0 Å². The molecule has 0 bridgehead atoms. The number of nitrogens with one attached hydrogen (secondary N) is 1. The molecule has 0 radical (unpaired) electrons. The lowest BCUT2D eigenvalue weighted by Crippen LogP contribution is -2.44. The van der Waals surface area contributed by atoms with Crippen LogP contribution in [0.5, 0.6) is 0 Å². The lowest BCUT2D eigenvalue weighted by Gasteiger charge is -2.32. The zero-order chi connectivity index (χ0) is 15.4. The number of rotatable bonds is 5. The van der Waals surface area contributed by atoms with Crippen LogP contribution in [0.3, 0.4) is 0 Å². The van der Waals surface area contributed by atoms with Crippen molar-refractivity contribution in [3.63, 3.8) is 0 Å². The molecule has 1 aromatic carbocycles. The van der Waals surface area contributed by atoms with Gasteiger partial charge in [0.25, 0.3) is 0 Å². The van der Waals surface area contributed by atoms with E-state index in [2.05, 4.69) is 17.4 Å². The molecule has 3 rings (SSSR count). The van der Waals surface area contributed by atoms with Gasteiger partial charge in [-0.3, -0.25) is 0 Å². The maximum absolute atomic E-state index is 12.9. The van der Waals surface area contributed by atoms with Crippen molar-refractivity contribution >= 4 is 11.3 Å². The summed E-state index contributed by atoms with van der Waals surface area (Å²) in [6, 6.07) is 10.7. The van der Waals surface area contributed by atoms with E-state index in [-0.39, 0.29) is 5.82 Å². The third-order valence-electron chi connectivity index (χ3n) is 3.97. The van der Waals surface area contributed by atoms with Crippen molar-refractivity contribution in [1.82, 2.24) is 5.32 Å². The normalized spacial score (nSPS) is 17.5. The quantitative estimate of drug-likeness (QED) is 0.889. The molecule has 0 atom stereocenters. The summed E-state index contributed by atoms with van der Waals surface area (Å²) in [7, 11) is 0. The summed E-state index contributed by atoms with van der Waals surface area (Å²) >= 11 is 1.69. The molecule has 0 aliphatic carbocycles. The maximum Gasteiger partial charge on any atom is 0.123 e. The van der Waals surface area contributed by atoms with Crippen molar-refractivity contribution in [3.05, 3.63) is 47.1 Å². The van der Waals surface area contributed by atoms with Gasteiger partial charge in [0, 0.05) is 48.9 Å². The van der Waals surface area contributed by atoms with Crippen LogP contribution in [-0.4, -0.2) is 30.5 Å². The first kappa shape index (κ1) is 15.6. The zero-order valence-electron chi connectivity index (χ0n) is 12.3. The third-order valence-corrected chi connectivity index (χ3v) is 5.10. The Morgan fingerprint density at radius 2 is 1.86 bits per heavy atom. The summed E-state index contributed by atoms with van der Waals surface area (Å²) < 4.78 is 18.2. The fraction of sp³-hybridized carbons (Fsp3) is 0.412. The van der Waals surface area contributed by atoms with Crippen LogP contribution in [0.4, 0.5) is 4.39 Å². The van der Waals surface area contributed by atoms with E-state index < -0.39 is 5.60 Å². The van der Waals surface area contributed by atoms with E-state index >= 15 is 0 Å². The van der Waals surface area contributed by atoms with Gasteiger partial charge in [-0.15, -0.1) is 11.3 Å². The first-order valence-electron chi connectivity index (χ1n) is 7.50. The van der Waals surface area contributed by atoms with Crippen LogP contribution >= 0.6 is 11.3 Å². The highest BCUT2D eigenvalue weighted by molar-refractivity contribution is 7.15. The van der Waals surface area contributed by atoms with Crippen molar-refractivity contribution in [3.8, 4) is 10.4 Å². The molecule has 2 heterocycles. The van der Waals surface area contributed by atoms with Crippen LogP contribution in [0.25, 0.3) is 10.4 Å². The molecule has 22 heavy (non-hydrogen) atoms. The fourth-order valence-electron chi connectivity index (χ4n) is 2.59. The minimum Gasteiger partial charge on any atom is -0.388 e. The van der Waals surface area contributed by atoms with Gasteiger partial charge in [-0.05, 0) is 29.8 Å². The lowest BCUT2D eigenvalue weighted by molar-refractivity contribution is -0.0616. The Balaban J connectivity index is 1.54. The first-order valence-corrected chi connectivity index (χ1v) is 8.32. The Hall–Kier alpha value is -1.27. The van der Waals surface area contributed by atoms with E-state index in [1.54, 1.807) is 23.5 Å². The summed E-state index contributed by atoms with van der Waals surface area (Å²) in [4.78, 5) is 2.33. The highest BCUT2D eigenvalue weighted by atomic mass is 32.1. The first-order chi connectivity index (χ1) is 10.6. The number of hydrogen-bond acceptors (Lipinski definition) is 4. The highest BCUT2D eigenvalue weighted by Crippen LogP contribution is 2.28. The molecule has 2 N–H and O–H groups in total. The van der Waals surface area contributed by atoms with Crippen LogP contribution in [0, 0.1) is 5.82 Å². The molecule has 0 unspecified atom stereocenters. The molecule has 1 aliphatic rings. The Kier molecular flexibility index (Phi) is 4.88. The Morgan fingerprint density at radius 1 is 1.14 bits per heavy atom. The monoisotopic (exact) mass is 321 g/mol. The summed E-state index contributed by atoms with van der Waals surface area (Å²) in [5.74, 6) is -0.216. The van der Waals surface area contributed by atoms with Crippen LogP contribution in [0.2, 0.25) is 0 Å². The predicted octanol–water partition coefficient (Wildman–Crippen LogP) is 3.19. The van der Waals surface area contributed by atoms with E-state index in [0.717, 1.165) is 17.0 Å². The Morgan fingerprint density at radius 3 is 2.59 bits per heavy atom. The molecule has 1 fully saturated rings. The SMILES string of the molecule is OC1(CNCc2ccc(-c3ccc(F)cc3)s2)CCOCC1. The minimum atomic E-state index is -0.644. The van der Waals surface area contributed by atoms with E-state index in [4.69, 9.17) is 4.74 Å². The van der Waals surface area contributed by atoms with Gasteiger partial charge < -0.3 is 15.2 Å². The number of thiophene rings is 1. The Bertz CT molecular complexity index is 605. The van der Waals surface area contributed by atoms with Gasteiger partial charge in [-0.1, -0.05) is 12.1 Å².